The van der Waals surface area contributed by atoms with Crippen molar-refractivity contribution in [3.8, 4) is 0 Å². The Morgan fingerprint density at radius 1 is 1.38 bits per heavy atom. The molecule has 0 aromatic heterocycles. The summed E-state index contributed by atoms with van der Waals surface area (Å²) < 4.78 is 0. The summed E-state index contributed by atoms with van der Waals surface area (Å²) >= 11 is 0. The monoisotopic (exact) mass is 225 g/mol. The van der Waals surface area contributed by atoms with Crippen LogP contribution in [0.1, 0.15) is 39.0 Å². The van der Waals surface area contributed by atoms with Gasteiger partial charge in [0.15, 0.2) is 0 Å². The van der Waals surface area contributed by atoms with Crippen molar-refractivity contribution in [3.05, 3.63) is 0 Å². The highest BCUT2D eigenvalue weighted by molar-refractivity contribution is 5.85. The number of carboxylic acids is 1. The Hall–Kier alpha value is -1.06. The van der Waals surface area contributed by atoms with Gasteiger partial charge >= 0.3 is 5.97 Å². The number of fused-ring (bicyclic) bond motifs is 2. The minimum absolute atomic E-state index is 0.0403. The molecular formula is C12H19NO3. The van der Waals surface area contributed by atoms with Crippen LogP contribution in [-0.2, 0) is 9.59 Å². The van der Waals surface area contributed by atoms with Gasteiger partial charge in [-0.15, -0.1) is 0 Å². The molecule has 4 heteroatoms. The molecule has 4 nitrogen and oxygen atoms in total. The molecule has 0 saturated heterocycles. The number of aliphatic carboxylic acids is 1. The van der Waals surface area contributed by atoms with Gasteiger partial charge in [0.2, 0.25) is 5.91 Å². The van der Waals surface area contributed by atoms with Crippen LogP contribution in [0.15, 0.2) is 0 Å². The minimum Gasteiger partial charge on any atom is -0.480 e. The lowest BCUT2D eigenvalue weighted by Crippen LogP contribution is -2.44. The highest BCUT2D eigenvalue weighted by atomic mass is 16.4. The van der Waals surface area contributed by atoms with Crippen LogP contribution >= 0.6 is 0 Å². The van der Waals surface area contributed by atoms with E-state index in [0.29, 0.717) is 18.3 Å². The summed E-state index contributed by atoms with van der Waals surface area (Å²) in [6.45, 7) is 1.78. The first-order valence-corrected chi connectivity index (χ1v) is 6.15. The zero-order valence-electron chi connectivity index (χ0n) is 9.61. The molecule has 3 unspecified atom stereocenters. The molecule has 16 heavy (non-hydrogen) atoms. The van der Waals surface area contributed by atoms with Crippen LogP contribution in [0.25, 0.3) is 0 Å². The topological polar surface area (TPSA) is 66.4 Å². The average molecular weight is 225 g/mol. The number of rotatable bonds is 4. The Morgan fingerprint density at radius 2 is 2.12 bits per heavy atom. The maximum absolute atomic E-state index is 11.9. The molecule has 0 aromatic rings. The van der Waals surface area contributed by atoms with Crippen molar-refractivity contribution in [3.63, 3.8) is 0 Å². The predicted octanol–water partition coefficient (Wildman–Crippen LogP) is 1.40. The summed E-state index contributed by atoms with van der Waals surface area (Å²) in [7, 11) is 0. The van der Waals surface area contributed by atoms with E-state index in [1.165, 1.54) is 12.8 Å². The van der Waals surface area contributed by atoms with Gasteiger partial charge in [-0.2, -0.15) is 0 Å². The van der Waals surface area contributed by atoms with Crippen molar-refractivity contribution in [2.45, 2.75) is 45.1 Å². The molecule has 2 aliphatic rings. The Bertz CT molecular complexity index is 303. The smallest absolute Gasteiger partial charge is 0.326 e. The minimum atomic E-state index is -0.931. The van der Waals surface area contributed by atoms with E-state index in [9.17, 15) is 9.59 Å². The van der Waals surface area contributed by atoms with E-state index >= 15 is 0 Å². The van der Waals surface area contributed by atoms with Crippen molar-refractivity contribution < 1.29 is 14.7 Å². The van der Waals surface area contributed by atoms with E-state index in [-0.39, 0.29) is 11.8 Å². The number of amides is 1. The van der Waals surface area contributed by atoms with Gasteiger partial charge in [0.05, 0.1) is 0 Å². The third-order valence-electron chi connectivity index (χ3n) is 4.10. The zero-order valence-corrected chi connectivity index (χ0v) is 9.61. The molecule has 0 heterocycles. The van der Waals surface area contributed by atoms with Crippen molar-refractivity contribution >= 4 is 11.9 Å². The lowest BCUT2D eigenvalue weighted by Gasteiger charge is -2.22. The summed E-state index contributed by atoms with van der Waals surface area (Å²) in [5.74, 6) is 0.328. The standard InChI is InChI=1S/C12H19NO3/c1-2-10(12(15)16)13-11(14)9-6-7-3-4-8(9)5-7/h7-10H,2-6H2,1H3,(H,13,14)(H,15,16)/t7?,8?,9?,10-/m1/s1. The molecule has 0 aromatic carbocycles. The van der Waals surface area contributed by atoms with Crippen molar-refractivity contribution in [1.29, 1.82) is 0 Å². The van der Waals surface area contributed by atoms with Crippen LogP contribution in [0.3, 0.4) is 0 Å². The normalized spacial score (nSPS) is 33.7. The van der Waals surface area contributed by atoms with Crippen molar-refractivity contribution in [1.82, 2.24) is 5.32 Å². The van der Waals surface area contributed by atoms with Gasteiger partial charge in [-0.3, -0.25) is 4.79 Å². The summed E-state index contributed by atoms with van der Waals surface area (Å²) in [6.07, 6.45) is 4.98. The lowest BCUT2D eigenvalue weighted by molar-refractivity contribution is -0.142. The first-order valence-electron chi connectivity index (χ1n) is 6.15. The van der Waals surface area contributed by atoms with Crippen LogP contribution < -0.4 is 5.32 Å². The fourth-order valence-electron chi connectivity index (χ4n) is 3.18. The molecule has 0 aliphatic heterocycles. The van der Waals surface area contributed by atoms with E-state index in [1.54, 1.807) is 6.92 Å². The first-order chi connectivity index (χ1) is 7.61. The summed E-state index contributed by atoms with van der Waals surface area (Å²) in [5.41, 5.74) is 0. The van der Waals surface area contributed by atoms with Crippen molar-refractivity contribution in [2.75, 3.05) is 0 Å². The maximum atomic E-state index is 11.9. The van der Waals surface area contributed by atoms with Gasteiger partial charge < -0.3 is 10.4 Å². The Kier molecular flexibility index (Phi) is 3.17. The van der Waals surface area contributed by atoms with Gasteiger partial charge in [-0.05, 0) is 37.5 Å². The van der Waals surface area contributed by atoms with Crippen LogP contribution in [0.2, 0.25) is 0 Å². The van der Waals surface area contributed by atoms with E-state index in [0.717, 1.165) is 12.8 Å². The second-order valence-electron chi connectivity index (χ2n) is 5.09. The molecule has 0 radical (unpaired) electrons. The molecule has 2 saturated carbocycles. The summed E-state index contributed by atoms with van der Waals surface area (Å²) in [6, 6.07) is -0.716. The summed E-state index contributed by atoms with van der Waals surface area (Å²) in [4.78, 5) is 22.8. The SMILES string of the molecule is CC[C@@H](NC(=O)C1CC2CCC1C2)C(=O)O. The quantitative estimate of drug-likeness (QED) is 0.760. The van der Waals surface area contributed by atoms with Gasteiger partial charge in [0.25, 0.3) is 0 Å². The highest BCUT2D eigenvalue weighted by Gasteiger charge is 2.43. The summed E-state index contributed by atoms with van der Waals surface area (Å²) in [5, 5.41) is 11.5. The molecule has 2 rings (SSSR count). The zero-order chi connectivity index (χ0) is 11.7. The number of nitrogens with one attached hydrogen (secondary N) is 1. The average Bonchev–Trinajstić information content (AvgIpc) is 2.86. The Balaban J connectivity index is 1.90. The number of carbonyl (C=O) groups is 2. The Morgan fingerprint density at radius 3 is 2.56 bits per heavy atom. The van der Waals surface area contributed by atoms with Crippen LogP contribution in [0.4, 0.5) is 0 Å². The number of carboxylic acid groups (broad SMARTS) is 1. The fourth-order valence-corrected chi connectivity index (χ4v) is 3.18. The third-order valence-corrected chi connectivity index (χ3v) is 4.10. The molecule has 2 fully saturated rings. The number of hydrogen-bond donors (Lipinski definition) is 2. The van der Waals surface area contributed by atoms with Gasteiger partial charge in [-0.25, -0.2) is 4.79 Å². The molecule has 90 valence electrons. The largest absolute Gasteiger partial charge is 0.480 e. The number of hydrogen-bond acceptors (Lipinski definition) is 2. The van der Waals surface area contributed by atoms with Gasteiger partial charge in [0.1, 0.15) is 6.04 Å². The molecule has 0 spiro atoms. The first kappa shape index (κ1) is 11.4. The molecule has 2 bridgehead atoms. The second kappa shape index (κ2) is 4.44. The highest BCUT2D eigenvalue weighted by Crippen LogP contribution is 2.48. The van der Waals surface area contributed by atoms with Crippen molar-refractivity contribution in [2.24, 2.45) is 17.8 Å². The van der Waals surface area contributed by atoms with E-state index in [4.69, 9.17) is 5.11 Å². The lowest BCUT2D eigenvalue weighted by atomic mass is 9.88. The van der Waals surface area contributed by atoms with E-state index < -0.39 is 12.0 Å². The third kappa shape index (κ3) is 2.06. The second-order valence-corrected chi connectivity index (χ2v) is 5.09. The van der Waals surface area contributed by atoms with Gasteiger partial charge in [0, 0.05) is 5.92 Å². The van der Waals surface area contributed by atoms with Gasteiger partial charge in [-0.1, -0.05) is 13.3 Å². The van der Waals surface area contributed by atoms with E-state index in [1.807, 2.05) is 0 Å². The van der Waals surface area contributed by atoms with Crippen LogP contribution in [-0.4, -0.2) is 23.0 Å². The predicted molar refractivity (Wildman–Crippen MR) is 58.8 cm³/mol. The number of carbonyl (C=O) groups excluding carboxylic acids is 1. The molecule has 1 amide bonds. The molecule has 2 aliphatic carbocycles. The molecule has 4 atom stereocenters. The van der Waals surface area contributed by atoms with Crippen LogP contribution in [0.5, 0.6) is 0 Å². The molecular weight excluding hydrogens is 206 g/mol. The molecule has 2 N–H and O–H groups in total. The fraction of sp³-hybridized carbons (Fsp3) is 0.833. The van der Waals surface area contributed by atoms with Crippen LogP contribution in [0, 0.1) is 17.8 Å². The Labute approximate surface area is 95.4 Å². The van der Waals surface area contributed by atoms with E-state index in [2.05, 4.69) is 5.32 Å². The maximum Gasteiger partial charge on any atom is 0.326 e.